The second-order valence-corrected chi connectivity index (χ2v) is 8.97. The number of amides is 1. The third-order valence-corrected chi connectivity index (χ3v) is 6.09. The zero-order chi connectivity index (χ0) is 21.1. The van der Waals surface area contributed by atoms with Crippen LogP contribution in [0.3, 0.4) is 0 Å². The fourth-order valence-electron chi connectivity index (χ4n) is 2.84. The summed E-state index contributed by atoms with van der Waals surface area (Å²) in [5, 5.41) is 2.72. The summed E-state index contributed by atoms with van der Waals surface area (Å²) in [7, 11) is -1.64. The minimum absolute atomic E-state index is 0.00918. The van der Waals surface area contributed by atoms with E-state index in [-0.39, 0.29) is 36.0 Å². The van der Waals surface area contributed by atoms with E-state index in [1.807, 2.05) is 18.2 Å². The molecule has 0 aromatic heterocycles. The molecule has 0 fully saturated rings. The Morgan fingerprint density at radius 3 is 2.28 bits per heavy atom. The molecule has 0 bridgehead atoms. The van der Waals surface area contributed by atoms with Crippen LogP contribution in [0.15, 0.2) is 54.6 Å². The van der Waals surface area contributed by atoms with Gasteiger partial charge in [-0.1, -0.05) is 30.3 Å². The van der Waals surface area contributed by atoms with Crippen LogP contribution in [0.25, 0.3) is 0 Å². The minimum Gasteiger partial charge on any atom is -0.497 e. The maximum absolute atomic E-state index is 12.1. The SMILES string of the molecule is COc1ccc(C(=O)CCCC(=O)NCCCS(=O)(=O)Cc2ccccc2)cc1. The van der Waals surface area contributed by atoms with Crippen LogP contribution in [0, 0.1) is 0 Å². The molecule has 0 unspecified atom stereocenters. The molecule has 6 nitrogen and oxygen atoms in total. The van der Waals surface area contributed by atoms with Crippen molar-refractivity contribution in [1.82, 2.24) is 5.32 Å². The normalized spacial score (nSPS) is 11.1. The first kappa shape index (κ1) is 22.6. The quantitative estimate of drug-likeness (QED) is 0.423. The van der Waals surface area contributed by atoms with Gasteiger partial charge in [-0.15, -0.1) is 0 Å². The number of benzene rings is 2. The monoisotopic (exact) mass is 417 g/mol. The molecule has 0 spiro atoms. The maximum Gasteiger partial charge on any atom is 0.220 e. The lowest BCUT2D eigenvalue weighted by atomic mass is 10.1. The third kappa shape index (κ3) is 8.48. The van der Waals surface area contributed by atoms with Gasteiger partial charge in [0, 0.05) is 24.9 Å². The summed E-state index contributed by atoms with van der Waals surface area (Å²) in [6.45, 7) is 0.305. The molecule has 2 aromatic carbocycles. The van der Waals surface area contributed by atoms with Crippen LogP contribution in [0.4, 0.5) is 0 Å². The molecular formula is C22H27NO5S. The van der Waals surface area contributed by atoms with Crippen LogP contribution in [0.1, 0.15) is 41.6 Å². The van der Waals surface area contributed by atoms with Crippen molar-refractivity contribution in [2.75, 3.05) is 19.4 Å². The predicted octanol–water partition coefficient (Wildman–Crippen LogP) is 3.17. The Morgan fingerprint density at radius 1 is 0.931 bits per heavy atom. The van der Waals surface area contributed by atoms with Crippen LogP contribution in [-0.4, -0.2) is 39.5 Å². The highest BCUT2D eigenvalue weighted by atomic mass is 32.2. The Labute approximate surface area is 172 Å². The molecule has 2 aromatic rings. The van der Waals surface area contributed by atoms with E-state index in [1.54, 1.807) is 43.5 Å². The van der Waals surface area contributed by atoms with Crippen molar-refractivity contribution >= 4 is 21.5 Å². The smallest absolute Gasteiger partial charge is 0.220 e. The minimum atomic E-state index is -3.20. The van der Waals surface area contributed by atoms with Gasteiger partial charge in [0.05, 0.1) is 18.6 Å². The van der Waals surface area contributed by atoms with Gasteiger partial charge < -0.3 is 10.1 Å². The van der Waals surface area contributed by atoms with Crippen molar-refractivity contribution in [3.63, 3.8) is 0 Å². The van der Waals surface area contributed by atoms with Crippen molar-refractivity contribution in [2.24, 2.45) is 0 Å². The van der Waals surface area contributed by atoms with Crippen LogP contribution in [-0.2, 0) is 20.4 Å². The summed E-state index contributed by atoms with van der Waals surface area (Å²) in [5.74, 6) is 0.528. The van der Waals surface area contributed by atoms with Crippen molar-refractivity contribution < 1.29 is 22.7 Å². The molecule has 0 aliphatic heterocycles. The summed E-state index contributed by atoms with van der Waals surface area (Å²) < 4.78 is 29.3. The lowest BCUT2D eigenvalue weighted by Crippen LogP contribution is -2.26. The molecule has 1 amide bonds. The highest BCUT2D eigenvalue weighted by Gasteiger charge is 2.12. The Kier molecular flexibility index (Phi) is 8.86. The molecule has 2 rings (SSSR count). The number of hydrogen-bond donors (Lipinski definition) is 1. The van der Waals surface area contributed by atoms with Crippen molar-refractivity contribution in [2.45, 2.75) is 31.4 Å². The van der Waals surface area contributed by atoms with E-state index in [1.165, 1.54) is 0 Å². The van der Waals surface area contributed by atoms with Gasteiger partial charge in [-0.25, -0.2) is 8.42 Å². The lowest BCUT2D eigenvalue weighted by Gasteiger charge is -2.07. The zero-order valence-corrected chi connectivity index (χ0v) is 17.4. The average molecular weight is 418 g/mol. The van der Waals surface area contributed by atoms with E-state index in [0.29, 0.717) is 30.7 Å². The Hall–Kier alpha value is -2.67. The number of carbonyl (C=O) groups is 2. The number of sulfone groups is 1. The molecule has 0 aliphatic carbocycles. The summed E-state index contributed by atoms with van der Waals surface area (Å²) in [4.78, 5) is 24.0. The van der Waals surface area contributed by atoms with E-state index < -0.39 is 9.84 Å². The zero-order valence-electron chi connectivity index (χ0n) is 16.6. The number of Topliss-reactive ketones (excluding diaryl/α,β-unsaturated/α-hetero) is 1. The summed E-state index contributed by atoms with van der Waals surface area (Å²) >= 11 is 0. The third-order valence-electron chi connectivity index (χ3n) is 4.40. The number of ketones is 1. The summed E-state index contributed by atoms with van der Waals surface area (Å²) in [6, 6.07) is 15.9. The number of methoxy groups -OCH3 is 1. The van der Waals surface area contributed by atoms with E-state index >= 15 is 0 Å². The van der Waals surface area contributed by atoms with Gasteiger partial charge in [-0.05, 0) is 42.7 Å². The van der Waals surface area contributed by atoms with Crippen LogP contribution in [0.5, 0.6) is 5.75 Å². The Morgan fingerprint density at radius 2 is 1.62 bits per heavy atom. The van der Waals surface area contributed by atoms with Crippen molar-refractivity contribution in [3.8, 4) is 5.75 Å². The van der Waals surface area contributed by atoms with E-state index in [2.05, 4.69) is 5.32 Å². The summed E-state index contributed by atoms with van der Waals surface area (Å²) in [5.41, 5.74) is 1.35. The van der Waals surface area contributed by atoms with Gasteiger partial charge in [0.25, 0.3) is 0 Å². The van der Waals surface area contributed by atoms with Crippen LogP contribution >= 0.6 is 0 Å². The van der Waals surface area contributed by atoms with Gasteiger partial charge in [-0.2, -0.15) is 0 Å². The Balaban J connectivity index is 1.61. The van der Waals surface area contributed by atoms with Crippen LogP contribution in [0.2, 0.25) is 0 Å². The maximum atomic E-state index is 12.1. The van der Waals surface area contributed by atoms with E-state index in [9.17, 15) is 18.0 Å². The average Bonchev–Trinajstić information content (AvgIpc) is 2.71. The molecule has 0 atom stereocenters. The number of hydrogen-bond acceptors (Lipinski definition) is 5. The highest BCUT2D eigenvalue weighted by molar-refractivity contribution is 7.90. The largest absolute Gasteiger partial charge is 0.497 e. The molecule has 0 saturated carbocycles. The van der Waals surface area contributed by atoms with Gasteiger partial charge in [0.15, 0.2) is 15.6 Å². The number of rotatable bonds is 12. The molecule has 7 heteroatoms. The molecular weight excluding hydrogens is 390 g/mol. The number of nitrogens with one attached hydrogen (secondary N) is 1. The molecule has 0 heterocycles. The fourth-order valence-corrected chi connectivity index (χ4v) is 4.27. The molecule has 0 aliphatic rings. The first-order valence-electron chi connectivity index (χ1n) is 9.58. The van der Waals surface area contributed by atoms with Gasteiger partial charge >= 0.3 is 0 Å². The van der Waals surface area contributed by atoms with E-state index in [0.717, 1.165) is 5.56 Å². The molecule has 156 valence electrons. The first-order chi connectivity index (χ1) is 13.9. The Bertz CT molecular complexity index is 893. The van der Waals surface area contributed by atoms with E-state index in [4.69, 9.17) is 4.74 Å². The standard InChI is InChI=1S/C22H27NO5S/c1-28-20-13-11-19(12-14-20)21(24)9-5-10-22(25)23-15-6-16-29(26,27)17-18-7-3-2-4-8-18/h2-4,7-8,11-14H,5-6,9-10,15-17H2,1H3,(H,23,25). The molecule has 0 radical (unpaired) electrons. The summed E-state index contributed by atoms with van der Waals surface area (Å²) in [6.07, 6.45) is 1.33. The lowest BCUT2D eigenvalue weighted by molar-refractivity contribution is -0.121. The van der Waals surface area contributed by atoms with Crippen molar-refractivity contribution in [1.29, 1.82) is 0 Å². The van der Waals surface area contributed by atoms with Gasteiger partial charge in [-0.3, -0.25) is 9.59 Å². The molecule has 29 heavy (non-hydrogen) atoms. The number of ether oxygens (including phenoxy) is 1. The van der Waals surface area contributed by atoms with Gasteiger partial charge in [0.1, 0.15) is 5.75 Å². The van der Waals surface area contributed by atoms with Crippen molar-refractivity contribution in [3.05, 3.63) is 65.7 Å². The predicted molar refractivity (Wildman–Crippen MR) is 113 cm³/mol. The first-order valence-corrected chi connectivity index (χ1v) is 11.4. The van der Waals surface area contributed by atoms with Crippen LogP contribution < -0.4 is 10.1 Å². The second-order valence-electron chi connectivity index (χ2n) is 6.79. The fraction of sp³-hybridized carbons (Fsp3) is 0.364. The topological polar surface area (TPSA) is 89.5 Å². The van der Waals surface area contributed by atoms with Gasteiger partial charge in [0.2, 0.25) is 5.91 Å². The second kappa shape index (κ2) is 11.4. The molecule has 1 N–H and O–H groups in total. The number of carbonyl (C=O) groups excluding carboxylic acids is 2. The highest BCUT2D eigenvalue weighted by Crippen LogP contribution is 2.14. The molecule has 0 saturated heterocycles.